The molecule has 14 heavy (non-hydrogen) atoms. The Morgan fingerprint density at radius 2 is 2.00 bits per heavy atom. The third-order valence-corrected chi connectivity index (χ3v) is 2.00. The molecule has 0 aromatic carbocycles. The minimum Gasteiger partial charge on any atom is -0.262 e. The van der Waals surface area contributed by atoms with E-state index >= 15 is 0 Å². The lowest BCUT2D eigenvalue weighted by Crippen LogP contribution is -1.98. The molecule has 1 nitrogen and oxygen atoms in total. The number of rotatable bonds is 6. The van der Waals surface area contributed by atoms with Crippen LogP contribution in [0.1, 0.15) is 33.6 Å². The maximum atomic E-state index is 4.24. The third-order valence-electron chi connectivity index (χ3n) is 2.00. The Morgan fingerprint density at radius 1 is 1.36 bits per heavy atom. The molecule has 0 N–H and O–H groups in total. The van der Waals surface area contributed by atoms with Crippen molar-refractivity contribution in [2.45, 2.75) is 33.6 Å². The van der Waals surface area contributed by atoms with Gasteiger partial charge in [-0.3, -0.25) is 4.99 Å². The van der Waals surface area contributed by atoms with Crippen molar-refractivity contribution in [1.29, 1.82) is 0 Å². The van der Waals surface area contributed by atoms with Crippen molar-refractivity contribution in [3.05, 3.63) is 37.1 Å². The minimum absolute atomic E-state index is 0.499. The summed E-state index contributed by atoms with van der Waals surface area (Å²) in [6.07, 6.45) is 7.71. The predicted octanol–water partition coefficient (Wildman–Crippen LogP) is 4.14. The van der Waals surface area contributed by atoms with Crippen molar-refractivity contribution in [2.24, 2.45) is 10.9 Å². The van der Waals surface area contributed by atoms with Crippen LogP contribution < -0.4 is 0 Å². The summed E-state index contributed by atoms with van der Waals surface area (Å²) in [5.41, 5.74) is 2.32. The first kappa shape index (κ1) is 12.9. The molecule has 0 amide bonds. The van der Waals surface area contributed by atoms with Crippen molar-refractivity contribution >= 4 is 5.71 Å². The molecule has 0 saturated carbocycles. The lowest BCUT2D eigenvalue weighted by atomic mass is 10.0. The summed E-state index contributed by atoms with van der Waals surface area (Å²) >= 11 is 0. The molecule has 0 saturated heterocycles. The van der Waals surface area contributed by atoms with E-state index in [0.29, 0.717) is 5.92 Å². The molecular formula is C13H21N. The van der Waals surface area contributed by atoms with Crippen LogP contribution in [0, 0.1) is 5.92 Å². The highest BCUT2D eigenvalue weighted by Crippen LogP contribution is 2.11. The zero-order chi connectivity index (χ0) is 11.0. The summed E-state index contributed by atoms with van der Waals surface area (Å²) in [5.74, 6) is 0.499. The van der Waals surface area contributed by atoms with Crippen LogP contribution in [0.15, 0.2) is 42.1 Å². The molecule has 0 bridgehead atoms. The summed E-state index contributed by atoms with van der Waals surface area (Å²) in [7, 11) is 0. The van der Waals surface area contributed by atoms with E-state index in [0.717, 1.165) is 18.6 Å². The molecule has 0 aliphatic carbocycles. The smallest absolute Gasteiger partial charge is 0.0406 e. The molecule has 0 atom stereocenters. The Bertz CT molecular complexity index is 244. The van der Waals surface area contributed by atoms with Crippen LogP contribution in [-0.4, -0.2) is 5.71 Å². The quantitative estimate of drug-likeness (QED) is 0.442. The van der Waals surface area contributed by atoms with Gasteiger partial charge in [-0.05, 0) is 24.0 Å². The second-order valence-corrected chi connectivity index (χ2v) is 3.56. The van der Waals surface area contributed by atoms with Crippen LogP contribution in [0.25, 0.3) is 0 Å². The van der Waals surface area contributed by atoms with Gasteiger partial charge in [-0.1, -0.05) is 46.4 Å². The molecule has 0 radical (unpaired) electrons. The number of nitrogens with zero attached hydrogens (tertiary/aromatic N) is 1. The summed E-state index contributed by atoms with van der Waals surface area (Å²) in [5, 5.41) is 0. The molecule has 0 aromatic heterocycles. The van der Waals surface area contributed by atoms with Crippen LogP contribution in [0.4, 0.5) is 0 Å². The molecule has 0 aliphatic rings. The van der Waals surface area contributed by atoms with E-state index in [1.807, 2.05) is 6.08 Å². The SMILES string of the molecule is C=C/N=C(\C=C(/C=C)C(C)C)CCC. The number of aliphatic imine (C=N–C) groups is 1. The van der Waals surface area contributed by atoms with Gasteiger partial charge < -0.3 is 0 Å². The second-order valence-electron chi connectivity index (χ2n) is 3.56. The Hall–Kier alpha value is -1.11. The molecule has 0 spiro atoms. The van der Waals surface area contributed by atoms with Crippen LogP contribution in [0.5, 0.6) is 0 Å². The van der Waals surface area contributed by atoms with E-state index in [4.69, 9.17) is 0 Å². The normalized spacial score (nSPS) is 13.1. The van der Waals surface area contributed by atoms with Crippen LogP contribution in [-0.2, 0) is 0 Å². The van der Waals surface area contributed by atoms with Crippen LogP contribution >= 0.6 is 0 Å². The van der Waals surface area contributed by atoms with E-state index in [9.17, 15) is 0 Å². The Balaban J connectivity index is 4.75. The van der Waals surface area contributed by atoms with Gasteiger partial charge in [0.25, 0.3) is 0 Å². The fourth-order valence-corrected chi connectivity index (χ4v) is 1.20. The van der Waals surface area contributed by atoms with Gasteiger partial charge in [0, 0.05) is 11.9 Å². The lowest BCUT2D eigenvalue weighted by molar-refractivity contribution is 0.792. The van der Waals surface area contributed by atoms with Crippen molar-refractivity contribution < 1.29 is 0 Å². The molecule has 0 heterocycles. The maximum Gasteiger partial charge on any atom is 0.0406 e. The largest absolute Gasteiger partial charge is 0.262 e. The summed E-state index contributed by atoms with van der Waals surface area (Å²) in [6, 6.07) is 0. The summed E-state index contributed by atoms with van der Waals surface area (Å²) < 4.78 is 0. The average Bonchev–Trinajstić information content (AvgIpc) is 2.14. The Labute approximate surface area is 87.9 Å². The fourth-order valence-electron chi connectivity index (χ4n) is 1.20. The number of hydrogen-bond donors (Lipinski definition) is 0. The van der Waals surface area contributed by atoms with E-state index < -0.39 is 0 Å². The Kier molecular flexibility index (Phi) is 6.73. The van der Waals surface area contributed by atoms with E-state index in [2.05, 4.69) is 45.0 Å². The summed E-state index contributed by atoms with van der Waals surface area (Å²) in [4.78, 5) is 4.24. The Morgan fingerprint density at radius 3 is 2.36 bits per heavy atom. The highest BCUT2D eigenvalue weighted by atomic mass is 14.7. The lowest BCUT2D eigenvalue weighted by Gasteiger charge is -2.06. The summed E-state index contributed by atoms with van der Waals surface area (Å²) in [6.45, 7) is 13.9. The molecule has 1 heteroatoms. The predicted molar refractivity (Wildman–Crippen MR) is 65.7 cm³/mol. The van der Waals surface area contributed by atoms with E-state index in [-0.39, 0.29) is 0 Å². The van der Waals surface area contributed by atoms with Crippen molar-refractivity contribution in [3.8, 4) is 0 Å². The van der Waals surface area contributed by atoms with Crippen molar-refractivity contribution in [2.75, 3.05) is 0 Å². The zero-order valence-corrected chi connectivity index (χ0v) is 9.59. The average molecular weight is 191 g/mol. The highest BCUT2D eigenvalue weighted by Gasteiger charge is 2.00. The molecule has 0 aliphatic heterocycles. The second kappa shape index (κ2) is 7.31. The first-order valence-electron chi connectivity index (χ1n) is 5.17. The van der Waals surface area contributed by atoms with Gasteiger partial charge in [0.1, 0.15) is 0 Å². The zero-order valence-electron chi connectivity index (χ0n) is 9.59. The van der Waals surface area contributed by atoms with Gasteiger partial charge >= 0.3 is 0 Å². The van der Waals surface area contributed by atoms with Gasteiger partial charge in [0.15, 0.2) is 0 Å². The van der Waals surface area contributed by atoms with Gasteiger partial charge in [-0.2, -0.15) is 0 Å². The molecule has 0 fully saturated rings. The number of hydrogen-bond acceptors (Lipinski definition) is 1. The van der Waals surface area contributed by atoms with Gasteiger partial charge in [0.2, 0.25) is 0 Å². The van der Waals surface area contributed by atoms with Gasteiger partial charge in [-0.25, -0.2) is 0 Å². The standard InChI is InChI=1S/C13H21N/c1-6-9-13(14-8-3)10-12(7-2)11(4)5/h7-8,10-11H,2-3,6,9H2,1,4-5H3/b12-10+,14-13-. The first-order chi connectivity index (χ1) is 6.65. The monoisotopic (exact) mass is 191 g/mol. The van der Waals surface area contributed by atoms with E-state index in [1.165, 1.54) is 5.57 Å². The van der Waals surface area contributed by atoms with E-state index in [1.54, 1.807) is 6.20 Å². The first-order valence-corrected chi connectivity index (χ1v) is 5.17. The molecule has 0 rings (SSSR count). The fraction of sp³-hybridized carbons (Fsp3) is 0.462. The minimum atomic E-state index is 0.499. The molecule has 78 valence electrons. The topological polar surface area (TPSA) is 12.4 Å². The van der Waals surface area contributed by atoms with Crippen molar-refractivity contribution in [3.63, 3.8) is 0 Å². The highest BCUT2D eigenvalue weighted by molar-refractivity contribution is 5.96. The van der Waals surface area contributed by atoms with Crippen LogP contribution in [0.3, 0.4) is 0 Å². The third kappa shape index (κ3) is 4.80. The molecule has 0 aromatic rings. The van der Waals surface area contributed by atoms with Crippen LogP contribution in [0.2, 0.25) is 0 Å². The van der Waals surface area contributed by atoms with Gasteiger partial charge in [0.05, 0.1) is 0 Å². The molecular weight excluding hydrogens is 170 g/mol. The number of allylic oxidation sites excluding steroid dienone is 3. The molecule has 0 unspecified atom stereocenters. The van der Waals surface area contributed by atoms with Gasteiger partial charge in [-0.15, -0.1) is 0 Å². The van der Waals surface area contributed by atoms with Crippen molar-refractivity contribution in [1.82, 2.24) is 0 Å². The maximum absolute atomic E-state index is 4.24.